The molecule has 4 amide bonds. The molecule has 2 aromatic heterocycles. The Balaban J connectivity index is 0.954. The molecule has 2 saturated heterocycles. The van der Waals surface area contributed by atoms with Crippen LogP contribution in [0.5, 0.6) is 5.75 Å². The molecule has 5 heterocycles. The van der Waals surface area contributed by atoms with E-state index in [2.05, 4.69) is 50.9 Å². The van der Waals surface area contributed by atoms with E-state index in [-0.39, 0.29) is 29.8 Å². The predicted octanol–water partition coefficient (Wildman–Crippen LogP) is 6.22. The van der Waals surface area contributed by atoms with Crippen LogP contribution >= 0.6 is 0 Å². The third kappa shape index (κ3) is 7.32. The van der Waals surface area contributed by atoms with Gasteiger partial charge >= 0.3 is 6.09 Å². The zero-order chi connectivity index (χ0) is 42.4. The summed E-state index contributed by atoms with van der Waals surface area (Å²) in [6.45, 7) is 4.53. The summed E-state index contributed by atoms with van der Waals surface area (Å²) in [5, 5.41) is 16.6. The van der Waals surface area contributed by atoms with Gasteiger partial charge in [0.15, 0.2) is 0 Å². The van der Waals surface area contributed by atoms with Crippen molar-refractivity contribution in [2.45, 2.75) is 70.3 Å². The molecule has 3 aliphatic heterocycles. The van der Waals surface area contributed by atoms with Crippen LogP contribution in [0.25, 0.3) is 44.2 Å². The highest BCUT2D eigenvalue weighted by Crippen LogP contribution is 2.45. The second-order valence-electron chi connectivity index (χ2n) is 16.3. The number of hydrogen-bond donors (Lipinski definition) is 5. The van der Waals surface area contributed by atoms with Gasteiger partial charge in [-0.1, -0.05) is 62.4 Å². The number of alkyl carbamates (subject to hydrolysis) is 1. The summed E-state index contributed by atoms with van der Waals surface area (Å²) in [5.41, 5.74) is 7.16. The molecule has 0 saturated carbocycles. The van der Waals surface area contributed by atoms with Crippen LogP contribution in [0, 0.1) is 5.92 Å². The van der Waals surface area contributed by atoms with E-state index < -0.39 is 30.7 Å². The van der Waals surface area contributed by atoms with Crippen molar-refractivity contribution in [1.82, 2.24) is 40.4 Å². The molecule has 0 spiro atoms. The zero-order valence-electron chi connectivity index (χ0n) is 34.2. The van der Waals surface area contributed by atoms with Crippen molar-refractivity contribution in [1.29, 1.82) is 0 Å². The maximum atomic E-state index is 14.0. The fourth-order valence-corrected chi connectivity index (χ4v) is 9.16. The van der Waals surface area contributed by atoms with Crippen LogP contribution in [0.15, 0.2) is 79.0 Å². The Hall–Kier alpha value is -6.74. The number of H-pyrrole nitrogens is 2. The Kier molecular flexibility index (Phi) is 10.7. The number of benzene rings is 4. The van der Waals surface area contributed by atoms with Crippen LogP contribution in [0.4, 0.5) is 4.79 Å². The number of imidazole rings is 2. The van der Waals surface area contributed by atoms with Crippen LogP contribution in [0.1, 0.15) is 80.4 Å². The van der Waals surface area contributed by atoms with Crippen molar-refractivity contribution in [2.75, 3.05) is 26.8 Å². The highest BCUT2D eigenvalue weighted by atomic mass is 16.5. The van der Waals surface area contributed by atoms with Gasteiger partial charge in [-0.3, -0.25) is 14.4 Å². The van der Waals surface area contributed by atoms with Crippen molar-refractivity contribution in [2.24, 2.45) is 5.92 Å². The van der Waals surface area contributed by atoms with Crippen LogP contribution < -0.4 is 15.4 Å². The molecule has 61 heavy (non-hydrogen) atoms. The molecule has 0 aliphatic carbocycles. The van der Waals surface area contributed by atoms with Crippen LogP contribution in [0.2, 0.25) is 0 Å². The summed E-state index contributed by atoms with van der Waals surface area (Å²) in [5.74, 6) is 1.02. The fraction of sp³-hybridized carbons (Fsp3) is 0.348. The Morgan fingerprint density at radius 3 is 2.33 bits per heavy atom. The normalized spacial score (nSPS) is 18.1. The number of aliphatic hydroxyl groups excluding tert-OH is 1. The minimum atomic E-state index is -0.897. The first kappa shape index (κ1) is 39.7. The number of nitrogens with one attached hydrogen (secondary N) is 4. The Morgan fingerprint density at radius 2 is 1.59 bits per heavy atom. The summed E-state index contributed by atoms with van der Waals surface area (Å²) < 4.78 is 11.4. The third-order valence-electron chi connectivity index (χ3n) is 12.2. The van der Waals surface area contributed by atoms with Crippen molar-refractivity contribution < 1.29 is 33.8 Å². The SMILES string of the molecule is COC(=O)N[C@@H](C(=O)N1CCC[C@H]1c1ncc(-c2ccc3c(c2)COc2c-3ccc3c2ccc2[nH]c([C@@H]4CCCN4C(=O)[C@@H](NC(=O)CO)C(C)C)nc23)[nH]1)c1ccccc1. The van der Waals surface area contributed by atoms with Crippen LogP contribution in [0.3, 0.4) is 0 Å². The van der Waals surface area contributed by atoms with Crippen LogP contribution in [-0.4, -0.2) is 91.5 Å². The lowest BCUT2D eigenvalue weighted by Crippen LogP contribution is -2.51. The molecular weight excluding hydrogens is 777 g/mol. The number of carbonyl (C=O) groups excluding carboxylic acids is 4. The van der Waals surface area contributed by atoms with Gasteiger partial charge in [0.05, 0.1) is 42.1 Å². The summed E-state index contributed by atoms with van der Waals surface area (Å²) in [4.78, 5) is 72.4. The van der Waals surface area contributed by atoms with E-state index in [4.69, 9.17) is 19.4 Å². The smallest absolute Gasteiger partial charge is 0.407 e. The number of aromatic nitrogens is 4. The summed E-state index contributed by atoms with van der Waals surface area (Å²) >= 11 is 0. The molecule has 0 unspecified atom stereocenters. The lowest BCUT2D eigenvalue weighted by atomic mass is 9.92. The molecule has 15 heteroatoms. The van der Waals surface area contributed by atoms with Gasteiger partial charge in [-0.05, 0) is 78.1 Å². The molecule has 5 N–H and O–H groups in total. The number of methoxy groups -OCH3 is 1. The lowest BCUT2D eigenvalue weighted by Gasteiger charge is -2.30. The second-order valence-corrected chi connectivity index (χ2v) is 16.3. The lowest BCUT2D eigenvalue weighted by molar-refractivity contribution is -0.139. The number of aliphatic hydroxyl groups is 1. The van der Waals surface area contributed by atoms with E-state index in [0.29, 0.717) is 36.9 Å². The molecule has 3 aliphatic rings. The number of aromatic amines is 2. The summed E-state index contributed by atoms with van der Waals surface area (Å²) in [7, 11) is 1.28. The minimum Gasteiger partial charge on any atom is -0.488 e. The molecule has 9 rings (SSSR count). The molecule has 314 valence electrons. The maximum absolute atomic E-state index is 14.0. The van der Waals surface area contributed by atoms with Crippen molar-refractivity contribution in [3.63, 3.8) is 0 Å². The van der Waals surface area contributed by atoms with Gasteiger partial charge in [-0.15, -0.1) is 0 Å². The van der Waals surface area contributed by atoms with Gasteiger partial charge in [-0.25, -0.2) is 14.8 Å². The number of carbonyl (C=O) groups is 4. The maximum Gasteiger partial charge on any atom is 0.407 e. The number of nitrogens with zero attached hydrogens (tertiary/aromatic N) is 4. The first-order valence-electron chi connectivity index (χ1n) is 20.8. The monoisotopic (exact) mass is 824 g/mol. The average molecular weight is 825 g/mol. The van der Waals surface area contributed by atoms with E-state index in [1.807, 2.05) is 56.3 Å². The number of amides is 4. The van der Waals surface area contributed by atoms with E-state index in [0.717, 1.165) is 81.2 Å². The van der Waals surface area contributed by atoms with Crippen molar-refractivity contribution in [3.05, 3.63) is 102 Å². The summed E-state index contributed by atoms with van der Waals surface area (Å²) in [6, 6.07) is 21.4. The number of ether oxygens (including phenoxy) is 2. The molecule has 6 aromatic rings. The number of rotatable bonds is 10. The molecule has 4 atom stereocenters. The number of hydrogen-bond acceptors (Lipinski definition) is 9. The predicted molar refractivity (Wildman–Crippen MR) is 227 cm³/mol. The molecular formula is C46H48N8O7. The summed E-state index contributed by atoms with van der Waals surface area (Å²) in [6.07, 6.45) is 4.21. The molecule has 2 fully saturated rings. The van der Waals surface area contributed by atoms with Gasteiger partial charge in [0.25, 0.3) is 5.91 Å². The first-order chi connectivity index (χ1) is 29.6. The Bertz CT molecular complexity index is 2660. The highest BCUT2D eigenvalue weighted by Gasteiger charge is 2.39. The van der Waals surface area contributed by atoms with E-state index >= 15 is 0 Å². The minimum absolute atomic E-state index is 0.157. The Morgan fingerprint density at radius 1 is 0.869 bits per heavy atom. The van der Waals surface area contributed by atoms with E-state index in [9.17, 15) is 24.3 Å². The van der Waals surface area contributed by atoms with Crippen LogP contribution in [-0.2, 0) is 25.7 Å². The van der Waals surface area contributed by atoms with Gasteiger partial charge in [0.1, 0.15) is 42.7 Å². The zero-order valence-corrected chi connectivity index (χ0v) is 34.2. The molecule has 4 aromatic carbocycles. The number of likely N-dealkylation sites (tertiary alicyclic amines) is 2. The topological polar surface area (TPSA) is 195 Å². The molecule has 15 nitrogen and oxygen atoms in total. The molecule has 0 radical (unpaired) electrons. The Labute approximate surface area is 351 Å². The third-order valence-corrected chi connectivity index (χ3v) is 12.2. The molecule has 0 bridgehead atoms. The quantitative estimate of drug-likeness (QED) is 0.107. The van der Waals surface area contributed by atoms with E-state index in [1.54, 1.807) is 16.0 Å². The average Bonchev–Trinajstić information content (AvgIpc) is 4.13. The van der Waals surface area contributed by atoms with Crippen molar-refractivity contribution >= 4 is 45.6 Å². The van der Waals surface area contributed by atoms with Gasteiger partial charge in [-0.2, -0.15) is 0 Å². The standard InChI is InChI=1S/C46H48N8O7/c1-25(2)38(50-37(56)23-55)44(57)54-20-8-12-36(54)43-48-33-18-17-32-30(40(33)51-43)15-16-31-29-14-13-27(21-28(29)24-61-41(31)32)34-22-47-42(49-34)35-11-7-19-53(35)45(58)39(52-46(59)60-3)26-9-5-4-6-10-26/h4-6,9-10,13-18,21-22,25,35-36,38-39,55H,7-8,11-12,19-20,23-24H2,1-3H3,(H,47,49)(H,48,51)(H,50,56)(H,52,59)/t35-,36-,38-,39+/m0/s1. The van der Waals surface area contributed by atoms with E-state index in [1.165, 1.54) is 7.11 Å². The second kappa shape index (κ2) is 16.4. The van der Waals surface area contributed by atoms with Gasteiger partial charge in [0.2, 0.25) is 11.8 Å². The largest absolute Gasteiger partial charge is 0.488 e. The van der Waals surface area contributed by atoms with Gasteiger partial charge < -0.3 is 45.0 Å². The number of fused-ring (bicyclic) bond motifs is 7. The highest BCUT2D eigenvalue weighted by molar-refractivity contribution is 6.09. The first-order valence-corrected chi connectivity index (χ1v) is 20.8. The van der Waals surface area contributed by atoms with Gasteiger partial charge in [0, 0.05) is 29.4 Å². The van der Waals surface area contributed by atoms with Crippen molar-refractivity contribution in [3.8, 4) is 28.1 Å². The fourth-order valence-electron chi connectivity index (χ4n) is 9.16.